The summed E-state index contributed by atoms with van der Waals surface area (Å²) in [5.74, 6) is -0.139. The molecule has 110 valence electrons. The summed E-state index contributed by atoms with van der Waals surface area (Å²) >= 11 is 0. The molecule has 1 aliphatic rings. The molecule has 1 aliphatic carbocycles. The number of carbonyl (C=O) groups is 1. The van der Waals surface area contributed by atoms with Gasteiger partial charge in [-0.3, -0.25) is 9.48 Å². The smallest absolute Gasteiger partial charge is 0.271 e. The van der Waals surface area contributed by atoms with Crippen LogP contribution in [-0.2, 0) is 19.9 Å². The first-order valence-corrected chi connectivity index (χ1v) is 7.23. The summed E-state index contributed by atoms with van der Waals surface area (Å²) in [7, 11) is 1.74. The van der Waals surface area contributed by atoms with Crippen molar-refractivity contribution in [3.8, 4) is 0 Å². The fourth-order valence-corrected chi connectivity index (χ4v) is 3.02. The summed E-state index contributed by atoms with van der Waals surface area (Å²) in [4.78, 5) is 12.4. The van der Waals surface area contributed by atoms with Gasteiger partial charge in [0, 0.05) is 13.1 Å². The molecule has 5 nitrogen and oxygen atoms in total. The van der Waals surface area contributed by atoms with E-state index in [0.717, 1.165) is 19.3 Å². The van der Waals surface area contributed by atoms with Gasteiger partial charge in [-0.25, -0.2) is 0 Å². The monoisotopic (exact) mass is 284 g/mol. The minimum absolute atomic E-state index is 0.139. The zero-order valence-corrected chi connectivity index (χ0v) is 12.4. The molecule has 1 heterocycles. The van der Waals surface area contributed by atoms with Gasteiger partial charge in [0.15, 0.2) is 0 Å². The molecule has 0 saturated carbocycles. The van der Waals surface area contributed by atoms with E-state index in [1.807, 2.05) is 13.0 Å². The number of fused-ring (bicyclic) bond motifs is 1. The van der Waals surface area contributed by atoms with Crippen LogP contribution in [-0.4, -0.2) is 21.7 Å². The maximum atomic E-state index is 12.4. The van der Waals surface area contributed by atoms with Crippen LogP contribution in [0.3, 0.4) is 0 Å². The van der Waals surface area contributed by atoms with Gasteiger partial charge in [-0.1, -0.05) is 24.3 Å². The number of nitrogens with zero attached hydrogens (tertiary/aromatic N) is 2. The molecule has 21 heavy (non-hydrogen) atoms. The van der Waals surface area contributed by atoms with E-state index in [-0.39, 0.29) is 11.9 Å². The molecule has 1 aromatic carbocycles. The van der Waals surface area contributed by atoms with Crippen LogP contribution in [0, 0.1) is 6.92 Å². The SMILES string of the molecule is Cc1nn(C)c(C(=O)NC2CCc3ccccc3C2)c1N. The van der Waals surface area contributed by atoms with Crippen molar-refractivity contribution in [3.05, 3.63) is 46.8 Å². The largest absolute Gasteiger partial charge is 0.395 e. The molecule has 0 bridgehead atoms. The normalized spacial score (nSPS) is 17.3. The molecule has 0 saturated heterocycles. The highest BCUT2D eigenvalue weighted by Crippen LogP contribution is 2.22. The Morgan fingerprint density at radius 2 is 2.10 bits per heavy atom. The highest BCUT2D eigenvalue weighted by molar-refractivity contribution is 5.98. The molecule has 0 spiro atoms. The first-order chi connectivity index (χ1) is 10.1. The van der Waals surface area contributed by atoms with Crippen molar-refractivity contribution >= 4 is 11.6 Å². The van der Waals surface area contributed by atoms with E-state index in [1.54, 1.807) is 11.7 Å². The second-order valence-electron chi connectivity index (χ2n) is 5.65. The molecule has 5 heteroatoms. The fourth-order valence-electron chi connectivity index (χ4n) is 3.02. The van der Waals surface area contributed by atoms with Crippen molar-refractivity contribution in [2.24, 2.45) is 7.05 Å². The number of anilines is 1. The Hall–Kier alpha value is -2.30. The number of nitrogen functional groups attached to an aromatic ring is 1. The second kappa shape index (κ2) is 5.24. The van der Waals surface area contributed by atoms with Crippen LogP contribution in [0.15, 0.2) is 24.3 Å². The minimum Gasteiger partial charge on any atom is -0.395 e. The highest BCUT2D eigenvalue weighted by Gasteiger charge is 2.23. The van der Waals surface area contributed by atoms with Gasteiger partial charge in [0.05, 0.1) is 11.4 Å². The summed E-state index contributed by atoms with van der Waals surface area (Å²) < 4.78 is 1.55. The van der Waals surface area contributed by atoms with E-state index in [0.29, 0.717) is 17.1 Å². The molecule has 1 unspecified atom stereocenters. The summed E-state index contributed by atoms with van der Waals surface area (Å²) in [5, 5.41) is 7.28. The van der Waals surface area contributed by atoms with Gasteiger partial charge in [0.1, 0.15) is 5.69 Å². The van der Waals surface area contributed by atoms with Gasteiger partial charge in [0.25, 0.3) is 5.91 Å². The number of carbonyl (C=O) groups excluding carboxylic acids is 1. The molecular formula is C16H20N4O. The Bertz CT molecular complexity index is 690. The highest BCUT2D eigenvalue weighted by atomic mass is 16.2. The van der Waals surface area contributed by atoms with Crippen LogP contribution in [0.4, 0.5) is 5.69 Å². The number of benzene rings is 1. The van der Waals surface area contributed by atoms with Crippen LogP contribution >= 0.6 is 0 Å². The third-order valence-corrected chi connectivity index (χ3v) is 4.17. The number of amides is 1. The van der Waals surface area contributed by atoms with Crippen molar-refractivity contribution in [3.63, 3.8) is 0 Å². The number of nitrogens with two attached hydrogens (primary N) is 1. The van der Waals surface area contributed by atoms with Crippen LogP contribution in [0.2, 0.25) is 0 Å². The van der Waals surface area contributed by atoms with Gasteiger partial charge in [-0.05, 0) is 37.3 Å². The zero-order valence-electron chi connectivity index (χ0n) is 12.4. The van der Waals surface area contributed by atoms with E-state index in [1.165, 1.54) is 11.1 Å². The first-order valence-electron chi connectivity index (χ1n) is 7.23. The van der Waals surface area contributed by atoms with Crippen molar-refractivity contribution in [1.29, 1.82) is 0 Å². The maximum absolute atomic E-state index is 12.4. The lowest BCUT2D eigenvalue weighted by molar-refractivity contribution is 0.0925. The van der Waals surface area contributed by atoms with E-state index in [9.17, 15) is 4.79 Å². The molecule has 3 rings (SSSR count). The van der Waals surface area contributed by atoms with Gasteiger partial charge in [-0.2, -0.15) is 5.10 Å². The van der Waals surface area contributed by atoms with Crippen molar-refractivity contribution < 1.29 is 4.79 Å². The molecule has 3 N–H and O–H groups in total. The number of aryl methyl sites for hydroxylation is 3. The lowest BCUT2D eigenvalue weighted by Gasteiger charge is -2.25. The maximum Gasteiger partial charge on any atom is 0.271 e. The zero-order chi connectivity index (χ0) is 15.0. The predicted molar refractivity (Wildman–Crippen MR) is 82.1 cm³/mol. The van der Waals surface area contributed by atoms with E-state index < -0.39 is 0 Å². The van der Waals surface area contributed by atoms with E-state index in [4.69, 9.17) is 5.73 Å². The van der Waals surface area contributed by atoms with Crippen molar-refractivity contribution in [2.75, 3.05) is 5.73 Å². The summed E-state index contributed by atoms with van der Waals surface area (Å²) in [6.07, 6.45) is 2.83. The Morgan fingerprint density at radius 3 is 2.76 bits per heavy atom. The summed E-state index contributed by atoms with van der Waals surface area (Å²) in [6, 6.07) is 8.57. The topological polar surface area (TPSA) is 72.9 Å². The molecule has 1 aromatic heterocycles. The second-order valence-corrected chi connectivity index (χ2v) is 5.65. The van der Waals surface area contributed by atoms with Gasteiger partial charge in [-0.15, -0.1) is 0 Å². The average molecular weight is 284 g/mol. The predicted octanol–water partition coefficient (Wildman–Crippen LogP) is 1.60. The van der Waals surface area contributed by atoms with E-state index in [2.05, 4.69) is 28.6 Å². The Kier molecular flexibility index (Phi) is 3.41. The quantitative estimate of drug-likeness (QED) is 0.879. The number of hydrogen-bond acceptors (Lipinski definition) is 3. The fraction of sp³-hybridized carbons (Fsp3) is 0.375. The molecule has 0 radical (unpaired) electrons. The number of aromatic nitrogens is 2. The Labute approximate surface area is 124 Å². The summed E-state index contributed by atoms with van der Waals surface area (Å²) in [6.45, 7) is 1.81. The van der Waals surface area contributed by atoms with Crippen molar-refractivity contribution in [2.45, 2.75) is 32.2 Å². The van der Waals surface area contributed by atoms with Gasteiger partial charge >= 0.3 is 0 Å². The third-order valence-electron chi connectivity index (χ3n) is 4.17. The summed E-state index contributed by atoms with van der Waals surface area (Å²) in [5.41, 5.74) is 10.3. The Morgan fingerprint density at radius 1 is 1.38 bits per heavy atom. The molecule has 0 aliphatic heterocycles. The lowest BCUT2D eigenvalue weighted by Crippen LogP contribution is -2.39. The average Bonchev–Trinajstić information content (AvgIpc) is 2.72. The van der Waals surface area contributed by atoms with E-state index >= 15 is 0 Å². The molecule has 1 atom stereocenters. The molecule has 2 aromatic rings. The first kappa shape index (κ1) is 13.7. The van der Waals surface area contributed by atoms with Gasteiger partial charge < -0.3 is 11.1 Å². The van der Waals surface area contributed by atoms with Gasteiger partial charge in [0.2, 0.25) is 0 Å². The number of rotatable bonds is 2. The molecular weight excluding hydrogens is 264 g/mol. The molecule has 0 fully saturated rings. The molecule has 1 amide bonds. The standard InChI is InChI=1S/C16H20N4O/c1-10-14(17)15(20(2)19-10)16(21)18-13-8-7-11-5-3-4-6-12(11)9-13/h3-6,13H,7-9,17H2,1-2H3,(H,18,21). The number of nitrogens with one attached hydrogen (secondary N) is 1. The van der Waals surface area contributed by atoms with Crippen LogP contribution in [0.5, 0.6) is 0 Å². The van der Waals surface area contributed by atoms with Crippen LogP contribution in [0.25, 0.3) is 0 Å². The third kappa shape index (κ3) is 2.51. The van der Waals surface area contributed by atoms with Crippen LogP contribution in [0.1, 0.15) is 33.7 Å². The number of hydrogen-bond donors (Lipinski definition) is 2. The lowest BCUT2D eigenvalue weighted by atomic mass is 9.88. The minimum atomic E-state index is -0.139. The Balaban J connectivity index is 1.75. The van der Waals surface area contributed by atoms with Crippen molar-refractivity contribution in [1.82, 2.24) is 15.1 Å². The van der Waals surface area contributed by atoms with Crippen LogP contribution < -0.4 is 11.1 Å².